The van der Waals surface area contributed by atoms with E-state index < -0.39 is 17.5 Å². The molecule has 0 bridgehead atoms. The van der Waals surface area contributed by atoms with Gasteiger partial charge in [-0.3, -0.25) is 4.79 Å². The summed E-state index contributed by atoms with van der Waals surface area (Å²) < 4.78 is 26.5. The van der Waals surface area contributed by atoms with Crippen LogP contribution in [0.15, 0.2) is 36.4 Å². The van der Waals surface area contributed by atoms with E-state index in [2.05, 4.69) is 5.32 Å². The molecule has 2 rings (SSSR count). The Morgan fingerprint density at radius 2 is 1.84 bits per heavy atom. The lowest BCUT2D eigenvalue weighted by Crippen LogP contribution is -2.15. The van der Waals surface area contributed by atoms with Crippen LogP contribution < -0.4 is 11.1 Å². The van der Waals surface area contributed by atoms with Crippen molar-refractivity contribution in [1.82, 2.24) is 0 Å². The number of carbonyl (C=O) groups is 1. The third-order valence-corrected chi connectivity index (χ3v) is 2.72. The summed E-state index contributed by atoms with van der Waals surface area (Å²) in [7, 11) is 0. The Bertz CT molecular complexity index is 641. The molecule has 0 heterocycles. The standard InChI is InChI=1S/C14H12F2N2O/c1-8-4-2-3-5-13(8)18-14(19)9-6-12(17)11(16)7-10(9)15/h2-7H,17H2,1H3,(H,18,19). The second kappa shape index (κ2) is 5.06. The topological polar surface area (TPSA) is 55.1 Å². The van der Waals surface area contributed by atoms with Crippen molar-refractivity contribution in [1.29, 1.82) is 0 Å². The first-order valence-corrected chi connectivity index (χ1v) is 5.60. The Hall–Kier alpha value is -2.43. The van der Waals surface area contributed by atoms with E-state index in [9.17, 15) is 13.6 Å². The van der Waals surface area contributed by atoms with Crippen molar-refractivity contribution >= 4 is 17.3 Å². The maximum absolute atomic E-state index is 13.5. The minimum atomic E-state index is -0.946. The molecule has 3 N–H and O–H groups in total. The lowest BCUT2D eigenvalue weighted by atomic mass is 10.1. The molecule has 0 radical (unpaired) electrons. The zero-order valence-corrected chi connectivity index (χ0v) is 10.2. The molecule has 0 saturated heterocycles. The minimum absolute atomic E-state index is 0.267. The van der Waals surface area contributed by atoms with Gasteiger partial charge in [-0.1, -0.05) is 18.2 Å². The maximum atomic E-state index is 13.5. The zero-order valence-electron chi connectivity index (χ0n) is 10.2. The van der Waals surface area contributed by atoms with Crippen LogP contribution in [0.25, 0.3) is 0 Å². The molecule has 0 aliphatic heterocycles. The summed E-state index contributed by atoms with van der Waals surface area (Å²) in [5.74, 6) is -2.50. The smallest absolute Gasteiger partial charge is 0.258 e. The average molecular weight is 262 g/mol. The molecule has 0 saturated carbocycles. The van der Waals surface area contributed by atoms with E-state index in [1.54, 1.807) is 12.1 Å². The Kier molecular flexibility index (Phi) is 3.46. The van der Waals surface area contributed by atoms with E-state index in [4.69, 9.17) is 5.73 Å². The molecule has 2 aromatic carbocycles. The Morgan fingerprint density at radius 1 is 1.16 bits per heavy atom. The summed E-state index contributed by atoms with van der Waals surface area (Å²) in [5, 5.41) is 2.56. The van der Waals surface area contributed by atoms with Crippen molar-refractivity contribution in [2.75, 3.05) is 11.1 Å². The first-order valence-electron chi connectivity index (χ1n) is 5.60. The summed E-state index contributed by atoms with van der Waals surface area (Å²) in [4.78, 5) is 11.9. The number of hydrogen-bond donors (Lipinski definition) is 2. The summed E-state index contributed by atoms with van der Waals surface area (Å²) in [6.07, 6.45) is 0. The van der Waals surface area contributed by atoms with E-state index in [1.165, 1.54) is 0 Å². The normalized spacial score (nSPS) is 10.3. The van der Waals surface area contributed by atoms with Gasteiger partial charge in [0.2, 0.25) is 0 Å². The van der Waals surface area contributed by atoms with Crippen molar-refractivity contribution in [3.63, 3.8) is 0 Å². The molecule has 0 aliphatic rings. The predicted octanol–water partition coefficient (Wildman–Crippen LogP) is 3.11. The van der Waals surface area contributed by atoms with E-state index in [-0.39, 0.29) is 11.3 Å². The van der Waals surface area contributed by atoms with Crippen LogP contribution in [0.2, 0.25) is 0 Å². The van der Waals surface area contributed by atoms with Gasteiger partial charge in [-0.05, 0) is 24.6 Å². The Labute approximate surface area is 109 Å². The summed E-state index contributed by atoms with van der Waals surface area (Å²) >= 11 is 0. The van der Waals surface area contributed by atoms with Crippen LogP contribution in [-0.4, -0.2) is 5.91 Å². The molecule has 98 valence electrons. The molecule has 0 aliphatic carbocycles. The van der Waals surface area contributed by atoms with Crippen LogP contribution in [0, 0.1) is 18.6 Å². The van der Waals surface area contributed by atoms with Gasteiger partial charge in [0.1, 0.15) is 11.6 Å². The molecule has 0 fully saturated rings. The molecular formula is C14H12F2N2O. The highest BCUT2D eigenvalue weighted by atomic mass is 19.1. The number of aryl methyl sites for hydroxylation is 1. The molecule has 3 nitrogen and oxygen atoms in total. The SMILES string of the molecule is Cc1ccccc1NC(=O)c1cc(N)c(F)cc1F. The van der Waals surface area contributed by atoms with Crippen molar-refractivity contribution in [2.24, 2.45) is 0 Å². The minimum Gasteiger partial charge on any atom is -0.396 e. The lowest BCUT2D eigenvalue weighted by molar-refractivity contribution is 0.102. The Morgan fingerprint density at radius 3 is 2.53 bits per heavy atom. The van der Waals surface area contributed by atoms with E-state index in [0.717, 1.165) is 11.6 Å². The quantitative estimate of drug-likeness (QED) is 0.817. The van der Waals surface area contributed by atoms with Gasteiger partial charge in [0.15, 0.2) is 0 Å². The fourth-order valence-electron chi connectivity index (χ4n) is 1.64. The molecule has 0 unspecified atom stereocenters. The molecule has 0 aromatic heterocycles. The number of amides is 1. The molecule has 5 heteroatoms. The largest absolute Gasteiger partial charge is 0.396 e. The first kappa shape index (κ1) is 13.0. The number of carbonyl (C=O) groups excluding carboxylic acids is 1. The Balaban J connectivity index is 2.31. The average Bonchev–Trinajstić information content (AvgIpc) is 2.36. The predicted molar refractivity (Wildman–Crippen MR) is 69.9 cm³/mol. The number of anilines is 2. The van der Waals surface area contributed by atoms with Gasteiger partial charge in [0.05, 0.1) is 11.3 Å². The van der Waals surface area contributed by atoms with E-state index in [0.29, 0.717) is 11.8 Å². The number of nitrogens with one attached hydrogen (secondary N) is 1. The second-order valence-corrected chi connectivity index (χ2v) is 4.12. The molecule has 0 atom stereocenters. The lowest BCUT2D eigenvalue weighted by Gasteiger charge is -2.09. The number of halogens is 2. The van der Waals surface area contributed by atoms with Crippen LogP contribution in [0.3, 0.4) is 0 Å². The van der Waals surface area contributed by atoms with Crippen molar-refractivity contribution in [3.05, 3.63) is 59.2 Å². The zero-order chi connectivity index (χ0) is 14.0. The molecular weight excluding hydrogens is 250 g/mol. The van der Waals surface area contributed by atoms with E-state index >= 15 is 0 Å². The highest BCUT2D eigenvalue weighted by molar-refractivity contribution is 6.05. The van der Waals surface area contributed by atoms with Crippen LogP contribution in [0.4, 0.5) is 20.2 Å². The number of hydrogen-bond acceptors (Lipinski definition) is 2. The summed E-state index contributed by atoms with van der Waals surface area (Å²) in [6, 6.07) is 8.66. The number of nitrogen functional groups attached to an aromatic ring is 1. The van der Waals surface area contributed by atoms with Gasteiger partial charge in [-0.15, -0.1) is 0 Å². The monoisotopic (exact) mass is 262 g/mol. The summed E-state index contributed by atoms with van der Waals surface area (Å²) in [5.41, 5.74) is 6.18. The van der Waals surface area contributed by atoms with Gasteiger partial charge in [-0.25, -0.2) is 8.78 Å². The van der Waals surface area contributed by atoms with Gasteiger partial charge >= 0.3 is 0 Å². The first-order chi connectivity index (χ1) is 8.99. The molecule has 0 spiro atoms. The number of benzene rings is 2. The molecule has 1 amide bonds. The summed E-state index contributed by atoms with van der Waals surface area (Å²) in [6.45, 7) is 1.81. The number of nitrogens with two attached hydrogens (primary N) is 1. The van der Waals surface area contributed by atoms with Crippen LogP contribution in [0.5, 0.6) is 0 Å². The number of rotatable bonds is 2. The van der Waals surface area contributed by atoms with Gasteiger partial charge < -0.3 is 11.1 Å². The van der Waals surface area contributed by atoms with Gasteiger partial charge in [-0.2, -0.15) is 0 Å². The second-order valence-electron chi connectivity index (χ2n) is 4.12. The van der Waals surface area contributed by atoms with Crippen LogP contribution >= 0.6 is 0 Å². The van der Waals surface area contributed by atoms with E-state index in [1.807, 2.05) is 19.1 Å². The van der Waals surface area contributed by atoms with Gasteiger partial charge in [0, 0.05) is 11.8 Å². The van der Waals surface area contributed by atoms with Crippen molar-refractivity contribution in [2.45, 2.75) is 6.92 Å². The third-order valence-electron chi connectivity index (χ3n) is 2.72. The van der Waals surface area contributed by atoms with Crippen LogP contribution in [-0.2, 0) is 0 Å². The van der Waals surface area contributed by atoms with Crippen molar-refractivity contribution < 1.29 is 13.6 Å². The fourth-order valence-corrected chi connectivity index (χ4v) is 1.64. The van der Waals surface area contributed by atoms with Crippen LogP contribution in [0.1, 0.15) is 15.9 Å². The highest BCUT2D eigenvalue weighted by Crippen LogP contribution is 2.19. The van der Waals surface area contributed by atoms with Crippen molar-refractivity contribution in [3.8, 4) is 0 Å². The third kappa shape index (κ3) is 2.70. The fraction of sp³-hybridized carbons (Fsp3) is 0.0714. The van der Waals surface area contributed by atoms with Gasteiger partial charge in [0.25, 0.3) is 5.91 Å². The highest BCUT2D eigenvalue weighted by Gasteiger charge is 2.15. The molecule has 2 aromatic rings. The number of para-hydroxylation sites is 1. The molecule has 19 heavy (non-hydrogen) atoms. The maximum Gasteiger partial charge on any atom is 0.258 e.